The molecule has 0 radical (unpaired) electrons. The fourth-order valence-electron chi connectivity index (χ4n) is 1.97. The highest BCUT2D eigenvalue weighted by Gasteiger charge is 2.14. The second-order valence-corrected chi connectivity index (χ2v) is 5.23. The molecule has 0 spiro atoms. The van der Waals surface area contributed by atoms with Gasteiger partial charge in [-0.2, -0.15) is 0 Å². The molecule has 4 heteroatoms. The minimum atomic E-state index is -0.685. The number of rotatable bonds is 9. The van der Waals surface area contributed by atoms with Gasteiger partial charge in [-0.15, -0.1) is 0 Å². The van der Waals surface area contributed by atoms with Crippen LogP contribution in [0.3, 0.4) is 0 Å². The van der Waals surface area contributed by atoms with Crippen LogP contribution in [0.2, 0.25) is 0 Å². The maximum Gasteiger partial charge on any atom is 0.128 e. The molecule has 4 nitrogen and oxygen atoms in total. The van der Waals surface area contributed by atoms with Crippen molar-refractivity contribution in [1.29, 1.82) is 0 Å². The van der Waals surface area contributed by atoms with E-state index < -0.39 is 6.10 Å². The van der Waals surface area contributed by atoms with Gasteiger partial charge in [0.2, 0.25) is 0 Å². The zero-order chi connectivity index (χ0) is 15.0. The number of ether oxygens (including phenoxy) is 3. The zero-order valence-corrected chi connectivity index (χ0v) is 12.9. The van der Waals surface area contributed by atoms with Crippen LogP contribution in [0.15, 0.2) is 18.2 Å². The van der Waals surface area contributed by atoms with Gasteiger partial charge < -0.3 is 19.3 Å². The molecule has 1 N–H and O–H groups in total. The monoisotopic (exact) mass is 282 g/mol. The van der Waals surface area contributed by atoms with Crippen molar-refractivity contribution < 1.29 is 19.3 Å². The van der Waals surface area contributed by atoms with E-state index in [1.165, 1.54) is 0 Å². The van der Waals surface area contributed by atoms with E-state index in [0.717, 1.165) is 18.4 Å². The van der Waals surface area contributed by atoms with Crippen molar-refractivity contribution in [3.63, 3.8) is 0 Å². The predicted molar refractivity (Wildman–Crippen MR) is 79.4 cm³/mol. The molecule has 1 aromatic rings. The van der Waals surface area contributed by atoms with Crippen LogP contribution >= 0.6 is 0 Å². The molecule has 1 aromatic carbocycles. The van der Waals surface area contributed by atoms with Crippen molar-refractivity contribution in [2.75, 3.05) is 27.4 Å². The number of hydrogen-bond donors (Lipinski definition) is 1. The molecular formula is C16H26O4. The maximum atomic E-state index is 10.2. The Hall–Kier alpha value is -1.26. The van der Waals surface area contributed by atoms with Gasteiger partial charge in [-0.25, -0.2) is 0 Å². The van der Waals surface area contributed by atoms with Gasteiger partial charge in [0.05, 0.1) is 20.8 Å². The molecule has 1 unspecified atom stereocenters. The lowest BCUT2D eigenvalue weighted by molar-refractivity contribution is 0.0326. The average molecular weight is 282 g/mol. The lowest BCUT2D eigenvalue weighted by Crippen LogP contribution is -2.10. The highest BCUT2D eigenvalue weighted by atomic mass is 16.5. The Bertz CT molecular complexity index is 390. The molecule has 0 aliphatic heterocycles. The van der Waals surface area contributed by atoms with Crippen LogP contribution in [0.4, 0.5) is 0 Å². The molecule has 0 heterocycles. The largest absolute Gasteiger partial charge is 0.497 e. The smallest absolute Gasteiger partial charge is 0.128 e. The van der Waals surface area contributed by atoms with Crippen LogP contribution in [0.1, 0.15) is 38.4 Å². The van der Waals surface area contributed by atoms with Crippen LogP contribution in [-0.2, 0) is 4.74 Å². The van der Waals surface area contributed by atoms with Gasteiger partial charge in [0.15, 0.2) is 0 Å². The second-order valence-electron chi connectivity index (χ2n) is 5.23. The maximum absolute atomic E-state index is 10.2. The predicted octanol–water partition coefficient (Wildman–Crippen LogP) is 3.19. The number of aliphatic hydroxyl groups is 1. The Kier molecular flexibility index (Phi) is 7.41. The average Bonchev–Trinajstić information content (AvgIpc) is 2.45. The number of benzene rings is 1. The quantitative estimate of drug-likeness (QED) is 0.707. The highest BCUT2D eigenvalue weighted by molar-refractivity contribution is 5.41. The summed E-state index contributed by atoms with van der Waals surface area (Å²) in [6.45, 7) is 5.34. The summed E-state index contributed by atoms with van der Waals surface area (Å²) in [5.74, 6) is 2.00. The Morgan fingerprint density at radius 2 is 1.90 bits per heavy atom. The molecule has 1 rings (SSSR count). The lowest BCUT2D eigenvalue weighted by Gasteiger charge is -2.16. The Morgan fingerprint density at radius 1 is 1.15 bits per heavy atom. The lowest BCUT2D eigenvalue weighted by atomic mass is 10.1. The molecule has 0 amide bonds. The first-order chi connectivity index (χ1) is 9.58. The molecule has 20 heavy (non-hydrogen) atoms. The minimum Gasteiger partial charge on any atom is -0.497 e. The number of hydrogen-bond acceptors (Lipinski definition) is 4. The van der Waals surface area contributed by atoms with E-state index in [0.29, 0.717) is 24.0 Å². The van der Waals surface area contributed by atoms with Gasteiger partial charge in [0.25, 0.3) is 0 Å². The number of methoxy groups -OCH3 is 2. The van der Waals surface area contributed by atoms with E-state index in [2.05, 4.69) is 13.8 Å². The van der Waals surface area contributed by atoms with Crippen LogP contribution < -0.4 is 9.47 Å². The molecule has 0 aliphatic rings. The van der Waals surface area contributed by atoms with Crippen LogP contribution in [0.25, 0.3) is 0 Å². The Morgan fingerprint density at radius 3 is 2.50 bits per heavy atom. The summed E-state index contributed by atoms with van der Waals surface area (Å²) in [6, 6.07) is 5.37. The van der Waals surface area contributed by atoms with Gasteiger partial charge in [-0.3, -0.25) is 0 Å². The second kappa shape index (κ2) is 8.82. The van der Waals surface area contributed by atoms with E-state index in [1.54, 1.807) is 32.4 Å². The van der Waals surface area contributed by atoms with E-state index in [1.807, 2.05) is 0 Å². The molecular weight excluding hydrogens is 256 g/mol. The summed E-state index contributed by atoms with van der Waals surface area (Å²) in [5, 5.41) is 10.2. The fraction of sp³-hybridized carbons (Fsp3) is 0.625. The summed E-state index contributed by atoms with van der Waals surface area (Å²) in [7, 11) is 3.18. The van der Waals surface area contributed by atoms with Crippen molar-refractivity contribution in [2.45, 2.75) is 32.8 Å². The third-order valence-electron chi connectivity index (χ3n) is 3.15. The van der Waals surface area contributed by atoms with Crippen LogP contribution in [0.5, 0.6) is 11.5 Å². The van der Waals surface area contributed by atoms with E-state index in [-0.39, 0.29) is 6.61 Å². The van der Waals surface area contributed by atoms with E-state index in [4.69, 9.17) is 14.2 Å². The summed E-state index contributed by atoms with van der Waals surface area (Å²) < 4.78 is 15.9. The summed E-state index contributed by atoms with van der Waals surface area (Å²) in [4.78, 5) is 0. The molecule has 1 atom stereocenters. The highest BCUT2D eigenvalue weighted by Crippen LogP contribution is 2.29. The first-order valence-corrected chi connectivity index (χ1v) is 7.06. The van der Waals surface area contributed by atoms with E-state index in [9.17, 15) is 5.11 Å². The van der Waals surface area contributed by atoms with Gasteiger partial charge in [-0.1, -0.05) is 13.8 Å². The van der Waals surface area contributed by atoms with Crippen molar-refractivity contribution in [2.24, 2.45) is 5.92 Å². The van der Waals surface area contributed by atoms with Crippen molar-refractivity contribution >= 4 is 0 Å². The van der Waals surface area contributed by atoms with Crippen molar-refractivity contribution in [3.05, 3.63) is 23.8 Å². The summed E-state index contributed by atoms with van der Waals surface area (Å²) >= 11 is 0. The molecule has 0 fully saturated rings. The van der Waals surface area contributed by atoms with Gasteiger partial charge >= 0.3 is 0 Å². The molecule has 0 aromatic heterocycles. The first kappa shape index (κ1) is 16.8. The Labute approximate surface area is 121 Å². The standard InChI is InChI=1S/C16H26O4/c1-12(2)6-5-9-20-11-15(17)14-8-7-13(18-3)10-16(14)19-4/h7-8,10,12,15,17H,5-6,9,11H2,1-4H3. The van der Waals surface area contributed by atoms with Gasteiger partial charge in [0.1, 0.15) is 17.6 Å². The third kappa shape index (κ3) is 5.39. The summed E-state index contributed by atoms with van der Waals surface area (Å²) in [5.41, 5.74) is 0.720. The third-order valence-corrected chi connectivity index (χ3v) is 3.15. The first-order valence-electron chi connectivity index (χ1n) is 7.06. The molecule has 0 bridgehead atoms. The van der Waals surface area contributed by atoms with Crippen LogP contribution in [0, 0.1) is 5.92 Å². The molecule has 0 aliphatic carbocycles. The van der Waals surface area contributed by atoms with Gasteiger partial charge in [0, 0.05) is 18.2 Å². The van der Waals surface area contributed by atoms with Crippen molar-refractivity contribution in [3.8, 4) is 11.5 Å². The molecule has 114 valence electrons. The topological polar surface area (TPSA) is 47.9 Å². The van der Waals surface area contributed by atoms with Gasteiger partial charge in [-0.05, 0) is 30.9 Å². The molecule has 0 saturated heterocycles. The van der Waals surface area contributed by atoms with E-state index >= 15 is 0 Å². The molecule has 0 saturated carbocycles. The minimum absolute atomic E-state index is 0.279. The number of aliphatic hydroxyl groups excluding tert-OH is 1. The summed E-state index contributed by atoms with van der Waals surface area (Å²) in [6.07, 6.45) is 1.47. The normalized spacial score (nSPS) is 12.5. The fourth-order valence-corrected chi connectivity index (χ4v) is 1.97. The Balaban J connectivity index is 2.48. The SMILES string of the molecule is COc1ccc(C(O)COCCCC(C)C)c(OC)c1. The zero-order valence-electron chi connectivity index (χ0n) is 12.9. The van der Waals surface area contributed by atoms with Crippen molar-refractivity contribution in [1.82, 2.24) is 0 Å². The van der Waals surface area contributed by atoms with Crippen LogP contribution in [-0.4, -0.2) is 32.5 Å².